The number of hydrogen-bond acceptors (Lipinski definition) is 5. The molecule has 2 aromatic carbocycles. The van der Waals surface area contributed by atoms with Gasteiger partial charge in [-0.25, -0.2) is 0 Å². The van der Waals surface area contributed by atoms with Crippen molar-refractivity contribution in [2.24, 2.45) is 5.92 Å². The average Bonchev–Trinajstić information content (AvgIpc) is 3.19. The molecule has 3 aromatic rings. The van der Waals surface area contributed by atoms with Crippen LogP contribution in [0.5, 0.6) is 11.5 Å². The van der Waals surface area contributed by atoms with Crippen molar-refractivity contribution in [3.05, 3.63) is 88.2 Å². The Morgan fingerprint density at radius 3 is 2.57 bits per heavy atom. The highest BCUT2D eigenvalue weighted by molar-refractivity contribution is 9.10. The number of carbonyl (C=O) groups is 1. The normalized spacial score (nSPS) is 29.0. The van der Waals surface area contributed by atoms with Gasteiger partial charge in [-0.05, 0) is 29.7 Å². The van der Waals surface area contributed by atoms with E-state index in [0.717, 1.165) is 21.9 Å². The molecule has 4 atom stereocenters. The first-order valence-corrected chi connectivity index (χ1v) is 10.6. The number of nitrogens with zero attached hydrogens (tertiary/aromatic N) is 1. The Hall–Kier alpha value is -2.70. The van der Waals surface area contributed by atoms with Crippen molar-refractivity contribution in [3.63, 3.8) is 0 Å². The summed E-state index contributed by atoms with van der Waals surface area (Å²) in [5, 5.41) is 12.4. The topological polar surface area (TPSA) is 68.7 Å². The van der Waals surface area contributed by atoms with E-state index in [2.05, 4.69) is 20.9 Å². The predicted octanol–water partition coefficient (Wildman–Crippen LogP) is 4.33. The van der Waals surface area contributed by atoms with Crippen LogP contribution in [0.4, 0.5) is 0 Å². The van der Waals surface area contributed by atoms with Crippen LogP contribution < -0.4 is 9.47 Å². The SMILES string of the molecule is COc1cncc2c1C1(O)C(C=O)CC(c3ccccc3)C1(c1ccc(Br)cc1)O2. The van der Waals surface area contributed by atoms with Gasteiger partial charge in [0.1, 0.15) is 17.8 Å². The molecule has 2 aliphatic rings. The lowest BCUT2D eigenvalue weighted by Gasteiger charge is -2.41. The van der Waals surface area contributed by atoms with Crippen LogP contribution in [-0.2, 0) is 16.0 Å². The maximum atomic E-state index is 12.4. The van der Waals surface area contributed by atoms with Crippen LogP contribution in [0.1, 0.15) is 29.0 Å². The Balaban J connectivity index is 1.84. The van der Waals surface area contributed by atoms with Crippen molar-refractivity contribution in [2.75, 3.05) is 7.11 Å². The molecule has 4 unspecified atom stereocenters. The molecule has 2 heterocycles. The van der Waals surface area contributed by atoms with Gasteiger partial charge in [0, 0.05) is 10.4 Å². The summed E-state index contributed by atoms with van der Waals surface area (Å²) in [5.74, 6) is -0.0807. The molecule has 0 amide bonds. The first-order chi connectivity index (χ1) is 14.6. The van der Waals surface area contributed by atoms with Crippen molar-refractivity contribution >= 4 is 22.2 Å². The lowest BCUT2D eigenvalue weighted by Crippen LogP contribution is -2.50. The highest BCUT2D eigenvalue weighted by Crippen LogP contribution is 2.69. The van der Waals surface area contributed by atoms with Crippen LogP contribution in [0.25, 0.3) is 0 Å². The monoisotopic (exact) mass is 465 g/mol. The highest BCUT2D eigenvalue weighted by atomic mass is 79.9. The Morgan fingerprint density at radius 1 is 1.17 bits per heavy atom. The van der Waals surface area contributed by atoms with Gasteiger partial charge in [-0.3, -0.25) is 4.98 Å². The molecule has 0 radical (unpaired) electrons. The minimum absolute atomic E-state index is 0.253. The molecule has 1 aliphatic heterocycles. The molecule has 30 heavy (non-hydrogen) atoms. The molecule has 1 aliphatic carbocycles. The number of fused-ring (bicyclic) bond motifs is 3. The lowest BCUT2D eigenvalue weighted by molar-refractivity contribution is -0.141. The number of aldehydes is 1. The van der Waals surface area contributed by atoms with Gasteiger partial charge in [-0.2, -0.15) is 0 Å². The summed E-state index contributed by atoms with van der Waals surface area (Å²) in [4.78, 5) is 16.5. The van der Waals surface area contributed by atoms with Gasteiger partial charge in [-0.15, -0.1) is 0 Å². The van der Waals surface area contributed by atoms with Crippen molar-refractivity contribution in [2.45, 2.75) is 23.5 Å². The van der Waals surface area contributed by atoms with E-state index in [1.807, 2.05) is 54.6 Å². The minimum atomic E-state index is -1.60. The number of hydrogen-bond donors (Lipinski definition) is 1. The van der Waals surface area contributed by atoms with Gasteiger partial charge < -0.3 is 19.4 Å². The Bertz CT molecular complexity index is 1100. The predicted molar refractivity (Wildman–Crippen MR) is 114 cm³/mol. The molecule has 6 heteroatoms. The van der Waals surface area contributed by atoms with E-state index < -0.39 is 17.1 Å². The van der Waals surface area contributed by atoms with Gasteiger partial charge in [0.15, 0.2) is 11.2 Å². The van der Waals surface area contributed by atoms with E-state index in [-0.39, 0.29) is 5.92 Å². The number of carbonyl (C=O) groups excluding carboxylic acids is 1. The maximum absolute atomic E-state index is 12.4. The summed E-state index contributed by atoms with van der Waals surface area (Å²) in [6, 6.07) is 17.6. The van der Waals surface area contributed by atoms with Crippen LogP contribution in [0, 0.1) is 5.92 Å². The van der Waals surface area contributed by atoms with Gasteiger partial charge in [0.2, 0.25) is 0 Å². The summed E-state index contributed by atoms with van der Waals surface area (Å²) in [5.41, 5.74) is -0.516. The molecule has 0 bridgehead atoms. The standard InChI is InChI=1S/C24H20BrNO4/c1-29-20-12-26-13-21-22(20)23(28)17(14-27)11-19(15-5-3-2-4-6-15)24(23,30-21)16-7-9-18(25)10-8-16/h2-10,12-14,17,19,28H,11H2,1H3. The molecule has 0 saturated heterocycles. The van der Waals surface area contributed by atoms with E-state index in [4.69, 9.17) is 9.47 Å². The first kappa shape index (κ1) is 19.3. The zero-order valence-electron chi connectivity index (χ0n) is 16.3. The number of aromatic nitrogens is 1. The third-order valence-corrected chi connectivity index (χ3v) is 7.00. The van der Waals surface area contributed by atoms with E-state index in [9.17, 15) is 9.90 Å². The number of rotatable bonds is 4. The fourth-order valence-electron chi connectivity index (χ4n) is 5.24. The first-order valence-electron chi connectivity index (χ1n) is 9.76. The van der Waals surface area contributed by atoms with Crippen LogP contribution in [0.15, 0.2) is 71.5 Å². The van der Waals surface area contributed by atoms with Gasteiger partial charge >= 0.3 is 0 Å². The van der Waals surface area contributed by atoms with Crippen LogP contribution in [0.3, 0.4) is 0 Å². The van der Waals surface area contributed by atoms with E-state index in [1.165, 1.54) is 7.11 Å². The second-order valence-corrected chi connectivity index (χ2v) is 8.68. The third-order valence-electron chi connectivity index (χ3n) is 6.47. The molecule has 0 spiro atoms. The van der Waals surface area contributed by atoms with Gasteiger partial charge in [0.25, 0.3) is 0 Å². The molecule has 1 aromatic heterocycles. The zero-order valence-corrected chi connectivity index (χ0v) is 17.9. The number of benzene rings is 2. The summed E-state index contributed by atoms with van der Waals surface area (Å²) < 4.78 is 13.1. The number of methoxy groups -OCH3 is 1. The Kier molecular flexibility index (Phi) is 4.45. The highest BCUT2D eigenvalue weighted by Gasteiger charge is 2.73. The second-order valence-electron chi connectivity index (χ2n) is 7.77. The molecule has 1 saturated carbocycles. The summed E-state index contributed by atoms with van der Waals surface area (Å²) in [6.07, 6.45) is 4.42. The van der Waals surface area contributed by atoms with E-state index in [0.29, 0.717) is 23.5 Å². The number of halogens is 1. The number of ether oxygens (including phenoxy) is 2. The largest absolute Gasteiger partial charge is 0.495 e. The molecule has 1 fully saturated rings. The van der Waals surface area contributed by atoms with Crippen molar-refractivity contribution in [1.82, 2.24) is 4.98 Å². The molecule has 152 valence electrons. The fraction of sp³-hybridized carbons (Fsp3) is 0.250. The quantitative estimate of drug-likeness (QED) is 0.580. The summed E-state index contributed by atoms with van der Waals surface area (Å²) >= 11 is 3.48. The van der Waals surface area contributed by atoms with Crippen molar-refractivity contribution < 1.29 is 19.4 Å². The van der Waals surface area contributed by atoms with Crippen molar-refractivity contribution in [1.29, 1.82) is 0 Å². The van der Waals surface area contributed by atoms with Crippen LogP contribution in [-0.4, -0.2) is 23.5 Å². The van der Waals surface area contributed by atoms with Crippen LogP contribution in [0.2, 0.25) is 0 Å². The van der Waals surface area contributed by atoms with E-state index >= 15 is 0 Å². The lowest BCUT2D eigenvalue weighted by atomic mass is 9.70. The molecular formula is C24H20BrNO4. The molecule has 5 nitrogen and oxygen atoms in total. The maximum Gasteiger partial charge on any atom is 0.174 e. The zero-order chi connectivity index (χ0) is 20.9. The molecular weight excluding hydrogens is 446 g/mol. The number of pyridine rings is 1. The summed E-state index contributed by atoms with van der Waals surface area (Å²) in [6.45, 7) is 0. The Morgan fingerprint density at radius 2 is 1.90 bits per heavy atom. The van der Waals surface area contributed by atoms with Crippen LogP contribution >= 0.6 is 15.9 Å². The van der Waals surface area contributed by atoms with Gasteiger partial charge in [0.05, 0.1) is 31.0 Å². The fourth-order valence-corrected chi connectivity index (χ4v) is 5.51. The third kappa shape index (κ3) is 2.38. The molecule has 5 rings (SSSR count). The average molecular weight is 466 g/mol. The van der Waals surface area contributed by atoms with Crippen molar-refractivity contribution in [3.8, 4) is 11.5 Å². The smallest absolute Gasteiger partial charge is 0.174 e. The van der Waals surface area contributed by atoms with Gasteiger partial charge in [-0.1, -0.05) is 58.4 Å². The second kappa shape index (κ2) is 6.93. The summed E-state index contributed by atoms with van der Waals surface area (Å²) in [7, 11) is 1.53. The van der Waals surface area contributed by atoms with E-state index in [1.54, 1.807) is 12.4 Å². The Labute approximate surface area is 182 Å². The molecule has 1 N–H and O–H groups in total. The minimum Gasteiger partial charge on any atom is -0.495 e. The number of aliphatic hydroxyl groups is 1.